The van der Waals surface area contributed by atoms with Gasteiger partial charge in [-0.3, -0.25) is 0 Å². The summed E-state index contributed by atoms with van der Waals surface area (Å²) in [6, 6.07) is 5.84. The summed E-state index contributed by atoms with van der Waals surface area (Å²) in [6.45, 7) is 0. The van der Waals surface area contributed by atoms with Gasteiger partial charge in [-0.15, -0.1) is 11.3 Å². The van der Waals surface area contributed by atoms with Crippen LogP contribution in [0.25, 0.3) is 32.1 Å². The highest BCUT2D eigenvalue weighted by Crippen LogP contribution is 2.45. The number of rotatable bonds is 3. The molecule has 0 radical (unpaired) electrons. The van der Waals surface area contributed by atoms with Crippen LogP contribution in [0, 0.1) is 23.0 Å². The lowest BCUT2D eigenvalue weighted by Crippen LogP contribution is -2.00. The number of nitrogens with two attached hydrogens (primary N) is 1. The summed E-state index contributed by atoms with van der Waals surface area (Å²) >= 11 is 7.32. The van der Waals surface area contributed by atoms with Crippen LogP contribution in [0.4, 0.5) is 13.8 Å². The molecule has 0 fully saturated rings. The zero-order valence-electron chi connectivity index (χ0n) is 15.0. The molecule has 4 rings (SSSR count). The van der Waals surface area contributed by atoms with Gasteiger partial charge < -0.3 is 15.2 Å². The fourth-order valence-electron chi connectivity index (χ4n) is 3.15. The Morgan fingerprint density at radius 1 is 1.21 bits per heavy atom. The van der Waals surface area contributed by atoms with Crippen LogP contribution in [0.3, 0.4) is 0 Å². The number of ether oxygens (including phenoxy) is 2. The minimum Gasteiger partial charge on any atom is -0.480 e. The van der Waals surface area contributed by atoms with Crippen molar-refractivity contribution in [1.29, 1.82) is 5.26 Å². The normalized spacial score (nSPS) is 11.0. The van der Waals surface area contributed by atoms with E-state index in [2.05, 4.69) is 9.97 Å². The van der Waals surface area contributed by atoms with Crippen molar-refractivity contribution in [2.45, 2.75) is 0 Å². The zero-order valence-corrected chi connectivity index (χ0v) is 16.6. The maximum Gasteiger partial charge on any atom is 0.320 e. The van der Waals surface area contributed by atoms with Crippen molar-refractivity contribution < 1.29 is 18.3 Å². The Morgan fingerprint density at radius 3 is 2.62 bits per heavy atom. The van der Waals surface area contributed by atoms with Gasteiger partial charge in [0.1, 0.15) is 22.4 Å². The number of benzene rings is 2. The number of methoxy groups -OCH3 is 2. The molecule has 0 atom stereocenters. The molecule has 146 valence electrons. The Morgan fingerprint density at radius 2 is 1.97 bits per heavy atom. The lowest BCUT2D eigenvalue weighted by molar-refractivity contribution is 0.356. The fourth-order valence-corrected chi connectivity index (χ4v) is 4.39. The maximum atomic E-state index is 15.6. The first-order chi connectivity index (χ1) is 13.9. The van der Waals surface area contributed by atoms with Crippen LogP contribution < -0.4 is 15.2 Å². The third-order valence-corrected chi connectivity index (χ3v) is 5.73. The van der Waals surface area contributed by atoms with Crippen molar-refractivity contribution in [3.63, 3.8) is 0 Å². The molecule has 2 heterocycles. The van der Waals surface area contributed by atoms with Gasteiger partial charge in [0.2, 0.25) is 5.88 Å². The molecule has 4 aromatic rings. The SMILES string of the molecule is COc1nc(OC)c2cc(Cl)c(-c3ccc(F)c4sc(N)c(C#N)c34)c(F)c2n1. The smallest absolute Gasteiger partial charge is 0.320 e. The van der Waals surface area contributed by atoms with Crippen molar-refractivity contribution in [2.24, 2.45) is 0 Å². The summed E-state index contributed by atoms with van der Waals surface area (Å²) < 4.78 is 40.3. The number of hydrogen-bond acceptors (Lipinski definition) is 7. The average Bonchev–Trinajstić information content (AvgIpc) is 3.06. The van der Waals surface area contributed by atoms with Gasteiger partial charge in [0.05, 0.1) is 34.9 Å². The highest BCUT2D eigenvalue weighted by atomic mass is 35.5. The highest BCUT2D eigenvalue weighted by molar-refractivity contribution is 7.23. The van der Waals surface area contributed by atoms with E-state index in [-0.39, 0.29) is 59.6 Å². The Kier molecular flexibility index (Phi) is 4.61. The Labute approximate surface area is 172 Å². The fraction of sp³-hybridized carbons (Fsp3) is 0.105. The second-order valence-corrected chi connectivity index (χ2v) is 7.37. The number of anilines is 1. The monoisotopic (exact) mass is 432 g/mol. The molecule has 0 bridgehead atoms. The van der Waals surface area contributed by atoms with Crippen molar-refractivity contribution in [2.75, 3.05) is 20.0 Å². The number of fused-ring (bicyclic) bond motifs is 2. The molecule has 29 heavy (non-hydrogen) atoms. The molecule has 0 unspecified atom stereocenters. The number of aromatic nitrogens is 2. The van der Waals surface area contributed by atoms with E-state index < -0.39 is 11.6 Å². The zero-order chi connectivity index (χ0) is 20.9. The molecule has 6 nitrogen and oxygen atoms in total. The number of thiophene rings is 1. The maximum absolute atomic E-state index is 15.6. The summed E-state index contributed by atoms with van der Waals surface area (Å²) in [4.78, 5) is 8.09. The van der Waals surface area contributed by atoms with Gasteiger partial charge in [-0.1, -0.05) is 17.7 Å². The van der Waals surface area contributed by atoms with Crippen molar-refractivity contribution >= 4 is 48.9 Å². The third-order valence-electron chi connectivity index (χ3n) is 4.40. The van der Waals surface area contributed by atoms with Gasteiger partial charge in [0.15, 0.2) is 5.82 Å². The number of hydrogen-bond donors (Lipinski definition) is 1. The van der Waals surface area contributed by atoms with E-state index in [0.29, 0.717) is 0 Å². The Balaban J connectivity index is 2.16. The van der Waals surface area contributed by atoms with E-state index in [1.165, 1.54) is 32.4 Å². The lowest BCUT2D eigenvalue weighted by Gasteiger charge is -2.13. The minimum atomic E-state index is -0.784. The topological polar surface area (TPSA) is 94.0 Å². The van der Waals surface area contributed by atoms with Gasteiger partial charge in [0, 0.05) is 10.9 Å². The number of halogens is 3. The predicted octanol–water partition coefficient (Wildman–Crippen LogP) is 4.91. The first kappa shape index (κ1) is 19.1. The molecule has 2 N–H and O–H groups in total. The quantitative estimate of drug-likeness (QED) is 0.494. The summed E-state index contributed by atoms with van der Waals surface area (Å²) in [5, 5.41) is 10.1. The van der Waals surface area contributed by atoms with E-state index in [0.717, 1.165) is 11.3 Å². The predicted molar refractivity (Wildman–Crippen MR) is 108 cm³/mol. The van der Waals surface area contributed by atoms with Gasteiger partial charge in [0.25, 0.3) is 0 Å². The molecule has 2 aromatic carbocycles. The molecule has 2 aromatic heterocycles. The van der Waals surface area contributed by atoms with Crippen molar-refractivity contribution in [3.05, 3.63) is 40.4 Å². The first-order valence-electron chi connectivity index (χ1n) is 8.09. The summed E-state index contributed by atoms with van der Waals surface area (Å²) in [5.41, 5.74) is 6.03. The summed E-state index contributed by atoms with van der Waals surface area (Å²) in [7, 11) is 2.71. The standard InChI is InChI=1S/C19H11ClF2N4O2S/c1-27-18-8-5-10(20)13(14(22)15(8)25-19(26-18)28-2)7-3-4-11(21)16-12(7)9(6-23)17(24)29-16/h3-5H,24H2,1-2H3. The molecule has 0 saturated carbocycles. The molecule has 0 spiro atoms. The molecular weight excluding hydrogens is 422 g/mol. The molecule has 0 amide bonds. The van der Waals surface area contributed by atoms with Crippen LogP contribution in [-0.4, -0.2) is 24.2 Å². The van der Waals surface area contributed by atoms with Crippen LogP contribution in [0.5, 0.6) is 11.9 Å². The van der Waals surface area contributed by atoms with E-state index >= 15 is 4.39 Å². The van der Waals surface area contributed by atoms with Crippen molar-refractivity contribution in [1.82, 2.24) is 9.97 Å². The molecule has 0 aliphatic rings. The molecule has 0 aliphatic carbocycles. The minimum absolute atomic E-state index is 0.0173. The van der Waals surface area contributed by atoms with Crippen LogP contribution in [-0.2, 0) is 0 Å². The largest absolute Gasteiger partial charge is 0.480 e. The molecule has 0 aliphatic heterocycles. The van der Waals surface area contributed by atoms with Crippen LogP contribution >= 0.6 is 22.9 Å². The van der Waals surface area contributed by atoms with Gasteiger partial charge in [-0.05, 0) is 17.7 Å². The number of nitrogen functional groups attached to an aromatic ring is 1. The molecule has 0 saturated heterocycles. The van der Waals surface area contributed by atoms with Gasteiger partial charge in [-0.2, -0.15) is 15.2 Å². The van der Waals surface area contributed by atoms with Gasteiger partial charge >= 0.3 is 6.01 Å². The molecular formula is C19H11ClF2N4O2S. The lowest BCUT2D eigenvalue weighted by atomic mass is 9.97. The second-order valence-electron chi connectivity index (χ2n) is 5.92. The third kappa shape index (κ3) is 2.80. The van der Waals surface area contributed by atoms with Gasteiger partial charge in [-0.25, -0.2) is 8.78 Å². The van der Waals surface area contributed by atoms with Crippen LogP contribution in [0.15, 0.2) is 18.2 Å². The Bertz CT molecular complexity index is 1350. The van der Waals surface area contributed by atoms with E-state index in [1.54, 1.807) is 0 Å². The summed E-state index contributed by atoms with van der Waals surface area (Å²) in [6.07, 6.45) is 0. The summed E-state index contributed by atoms with van der Waals surface area (Å²) in [5.74, 6) is -1.26. The Hall–Kier alpha value is -3.22. The van der Waals surface area contributed by atoms with E-state index in [9.17, 15) is 9.65 Å². The van der Waals surface area contributed by atoms with Crippen molar-refractivity contribution in [3.8, 4) is 29.1 Å². The average molecular weight is 433 g/mol. The second kappa shape index (κ2) is 6.99. The highest BCUT2D eigenvalue weighted by Gasteiger charge is 2.24. The van der Waals surface area contributed by atoms with Crippen LogP contribution in [0.2, 0.25) is 5.02 Å². The van der Waals surface area contributed by atoms with Crippen LogP contribution in [0.1, 0.15) is 5.56 Å². The van der Waals surface area contributed by atoms with E-state index in [1.807, 2.05) is 6.07 Å². The number of nitriles is 1. The first-order valence-corrected chi connectivity index (χ1v) is 9.29. The molecule has 10 heteroatoms. The number of nitrogens with zero attached hydrogens (tertiary/aromatic N) is 3. The van der Waals surface area contributed by atoms with E-state index in [4.69, 9.17) is 26.8 Å².